The molecule has 0 aromatic heterocycles. The Kier molecular flexibility index (Phi) is 6.34. The van der Waals surface area contributed by atoms with E-state index in [0.717, 1.165) is 5.56 Å². The second kappa shape index (κ2) is 8.91. The molecule has 144 valence electrons. The Morgan fingerprint density at radius 3 is 2.07 bits per heavy atom. The molecular weight excluding hydrogens is 396 g/mol. The van der Waals surface area contributed by atoms with Crippen LogP contribution in [0.2, 0.25) is 5.02 Å². The van der Waals surface area contributed by atoms with Crippen molar-refractivity contribution in [3.63, 3.8) is 0 Å². The molecule has 0 atom stereocenters. The summed E-state index contributed by atoms with van der Waals surface area (Å²) in [5.41, 5.74) is 2.05. The van der Waals surface area contributed by atoms with Crippen LogP contribution in [0, 0.1) is 0 Å². The molecule has 7 heteroatoms. The maximum absolute atomic E-state index is 12.4. The number of rotatable bonds is 7. The van der Waals surface area contributed by atoms with E-state index in [-0.39, 0.29) is 10.8 Å². The van der Waals surface area contributed by atoms with E-state index in [4.69, 9.17) is 11.6 Å². The van der Waals surface area contributed by atoms with Gasteiger partial charge in [0.15, 0.2) is 0 Å². The zero-order chi connectivity index (χ0) is 20.0. The number of halogens is 1. The van der Waals surface area contributed by atoms with Gasteiger partial charge >= 0.3 is 0 Å². The van der Waals surface area contributed by atoms with Gasteiger partial charge in [0.05, 0.1) is 4.90 Å². The van der Waals surface area contributed by atoms with Crippen LogP contribution in [0.5, 0.6) is 0 Å². The molecule has 5 nitrogen and oxygen atoms in total. The summed E-state index contributed by atoms with van der Waals surface area (Å²) in [6.07, 6.45) is 0.992. The van der Waals surface area contributed by atoms with Gasteiger partial charge in [-0.1, -0.05) is 41.9 Å². The topological polar surface area (TPSA) is 75.3 Å². The summed E-state index contributed by atoms with van der Waals surface area (Å²) in [7, 11) is -3.72. The molecule has 0 fully saturated rings. The summed E-state index contributed by atoms with van der Waals surface area (Å²) < 4.78 is 27.4. The Hall–Kier alpha value is -2.83. The molecule has 0 spiro atoms. The van der Waals surface area contributed by atoms with Crippen LogP contribution in [0.15, 0.2) is 83.8 Å². The number of anilines is 2. The summed E-state index contributed by atoms with van der Waals surface area (Å²) in [6.45, 7) is 0. The minimum Gasteiger partial charge on any atom is -0.326 e. The van der Waals surface area contributed by atoms with Crippen molar-refractivity contribution in [2.24, 2.45) is 0 Å². The number of carbonyl (C=O) groups is 1. The van der Waals surface area contributed by atoms with Crippen LogP contribution in [0.25, 0.3) is 0 Å². The van der Waals surface area contributed by atoms with Gasteiger partial charge in [-0.3, -0.25) is 9.52 Å². The van der Waals surface area contributed by atoms with Crippen molar-refractivity contribution < 1.29 is 13.2 Å². The summed E-state index contributed by atoms with van der Waals surface area (Å²) in [5, 5.41) is 3.30. The van der Waals surface area contributed by atoms with Crippen LogP contribution in [-0.2, 0) is 21.2 Å². The van der Waals surface area contributed by atoms with Gasteiger partial charge in [-0.15, -0.1) is 0 Å². The van der Waals surface area contributed by atoms with Crippen LogP contribution in [-0.4, -0.2) is 14.3 Å². The number of aryl methyl sites for hydroxylation is 1. The highest BCUT2D eigenvalue weighted by atomic mass is 35.5. The van der Waals surface area contributed by atoms with Gasteiger partial charge in [0.1, 0.15) is 0 Å². The molecule has 0 unspecified atom stereocenters. The zero-order valence-electron chi connectivity index (χ0n) is 14.9. The smallest absolute Gasteiger partial charge is 0.261 e. The fourth-order valence-electron chi connectivity index (χ4n) is 2.58. The largest absolute Gasteiger partial charge is 0.326 e. The van der Waals surface area contributed by atoms with Gasteiger partial charge < -0.3 is 5.32 Å². The maximum Gasteiger partial charge on any atom is 0.261 e. The fourth-order valence-corrected chi connectivity index (χ4v) is 3.76. The van der Waals surface area contributed by atoms with Crippen LogP contribution in [0.3, 0.4) is 0 Å². The first kappa shape index (κ1) is 19.9. The quantitative estimate of drug-likeness (QED) is 0.587. The van der Waals surface area contributed by atoms with Gasteiger partial charge in [0.25, 0.3) is 10.0 Å². The zero-order valence-corrected chi connectivity index (χ0v) is 16.5. The molecule has 3 aromatic carbocycles. The second-order valence-electron chi connectivity index (χ2n) is 6.17. The van der Waals surface area contributed by atoms with Crippen molar-refractivity contribution in [2.45, 2.75) is 17.7 Å². The van der Waals surface area contributed by atoms with Crippen molar-refractivity contribution >= 4 is 38.9 Å². The average Bonchev–Trinajstić information content (AvgIpc) is 2.69. The van der Waals surface area contributed by atoms with Crippen molar-refractivity contribution in [2.75, 3.05) is 10.0 Å². The van der Waals surface area contributed by atoms with Gasteiger partial charge in [-0.2, -0.15) is 0 Å². The molecule has 3 rings (SSSR count). The summed E-state index contributed by atoms with van der Waals surface area (Å²) in [6, 6.07) is 22.2. The number of sulfonamides is 1. The number of hydrogen-bond acceptors (Lipinski definition) is 3. The third-order valence-corrected chi connectivity index (χ3v) is 5.68. The van der Waals surface area contributed by atoms with E-state index in [1.165, 1.54) is 12.1 Å². The lowest BCUT2D eigenvalue weighted by atomic mass is 10.1. The molecule has 0 bridgehead atoms. The molecule has 2 N–H and O–H groups in total. The normalized spacial score (nSPS) is 11.0. The molecule has 1 amide bonds. The van der Waals surface area contributed by atoms with E-state index in [0.29, 0.717) is 29.2 Å². The first-order chi connectivity index (χ1) is 13.4. The predicted octanol–water partition coefficient (Wildman–Crippen LogP) is 4.71. The first-order valence-electron chi connectivity index (χ1n) is 8.65. The molecule has 0 heterocycles. The van der Waals surface area contributed by atoms with Crippen LogP contribution >= 0.6 is 11.6 Å². The van der Waals surface area contributed by atoms with E-state index >= 15 is 0 Å². The summed E-state index contributed by atoms with van der Waals surface area (Å²) >= 11 is 5.80. The van der Waals surface area contributed by atoms with Crippen LogP contribution in [0.4, 0.5) is 11.4 Å². The van der Waals surface area contributed by atoms with Crippen molar-refractivity contribution in [3.8, 4) is 0 Å². The van der Waals surface area contributed by atoms with E-state index in [1.807, 2.05) is 30.3 Å². The Balaban J connectivity index is 1.59. The molecule has 28 heavy (non-hydrogen) atoms. The molecular formula is C21H19ClN2O3S. The highest BCUT2D eigenvalue weighted by molar-refractivity contribution is 7.92. The van der Waals surface area contributed by atoms with Gasteiger partial charge in [-0.25, -0.2) is 8.42 Å². The summed E-state index contributed by atoms with van der Waals surface area (Å²) in [4.78, 5) is 12.2. The molecule has 0 radical (unpaired) electrons. The summed E-state index contributed by atoms with van der Waals surface area (Å²) in [5.74, 6) is -0.126. The molecule has 3 aromatic rings. The minimum atomic E-state index is -3.72. The standard InChI is InChI=1S/C21H19ClN2O3S/c22-17-7-9-19(10-8-17)24-28(26,27)20-13-11-18(12-14-20)23-21(25)15-6-16-4-2-1-3-5-16/h1-5,7-14,24H,6,15H2,(H,23,25). The highest BCUT2D eigenvalue weighted by Gasteiger charge is 2.14. The Bertz CT molecular complexity index is 1040. The van der Waals surface area contributed by atoms with Crippen LogP contribution < -0.4 is 10.0 Å². The lowest BCUT2D eigenvalue weighted by Crippen LogP contribution is -2.14. The number of benzene rings is 3. The third kappa shape index (κ3) is 5.58. The van der Waals surface area contributed by atoms with E-state index < -0.39 is 10.0 Å². The number of carbonyl (C=O) groups excluding carboxylic acids is 1. The third-order valence-electron chi connectivity index (χ3n) is 4.03. The predicted molar refractivity (Wildman–Crippen MR) is 112 cm³/mol. The number of nitrogens with one attached hydrogen (secondary N) is 2. The van der Waals surface area contributed by atoms with Gasteiger partial charge in [0, 0.05) is 22.8 Å². The molecule has 0 aliphatic rings. The van der Waals surface area contributed by atoms with Gasteiger partial charge in [0.2, 0.25) is 5.91 Å². The van der Waals surface area contributed by atoms with Crippen molar-refractivity contribution in [1.29, 1.82) is 0 Å². The molecule has 0 aliphatic heterocycles. The minimum absolute atomic E-state index is 0.102. The molecule has 0 saturated heterocycles. The number of hydrogen-bond donors (Lipinski definition) is 2. The Morgan fingerprint density at radius 2 is 1.43 bits per heavy atom. The van der Waals surface area contributed by atoms with E-state index in [2.05, 4.69) is 10.0 Å². The fraction of sp³-hybridized carbons (Fsp3) is 0.0952. The highest BCUT2D eigenvalue weighted by Crippen LogP contribution is 2.20. The maximum atomic E-state index is 12.4. The molecule has 0 saturated carbocycles. The lowest BCUT2D eigenvalue weighted by Gasteiger charge is -2.10. The van der Waals surface area contributed by atoms with Crippen molar-refractivity contribution in [3.05, 3.63) is 89.4 Å². The Labute approximate surface area is 169 Å². The molecule has 0 aliphatic carbocycles. The second-order valence-corrected chi connectivity index (χ2v) is 8.29. The van der Waals surface area contributed by atoms with Crippen LogP contribution in [0.1, 0.15) is 12.0 Å². The van der Waals surface area contributed by atoms with Crippen molar-refractivity contribution in [1.82, 2.24) is 0 Å². The number of amides is 1. The lowest BCUT2D eigenvalue weighted by molar-refractivity contribution is -0.116. The Morgan fingerprint density at radius 1 is 0.821 bits per heavy atom. The van der Waals surface area contributed by atoms with E-state index in [9.17, 15) is 13.2 Å². The SMILES string of the molecule is O=C(CCc1ccccc1)Nc1ccc(S(=O)(=O)Nc2ccc(Cl)cc2)cc1. The monoisotopic (exact) mass is 414 g/mol. The first-order valence-corrected chi connectivity index (χ1v) is 10.5. The van der Waals surface area contributed by atoms with E-state index in [1.54, 1.807) is 36.4 Å². The average molecular weight is 415 g/mol. The van der Waals surface area contributed by atoms with Gasteiger partial charge in [-0.05, 0) is 60.5 Å².